The van der Waals surface area contributed by atoms with Gasteiger partial charge in [-0.05, 0) is 56.6 Å². The molecule has 5 heteroatoms. The number of hydrogen-bond acceptors (Lipinski definition) is 3. The summed E-state index contributed by atoms with van der Waals surface area (Å²) in [6, 6.07) is 8.09. The van der Waals surface area contributed by atoms with Crippen molar-refractivity contribution in [1.82, 2.24) is 4.90 Å². The molecule has 2 rings (SSSR count). The van der Waals surface area contributed by atoms with Crippen LogP contribution in [0.2, 0.25) is 0 Å². The molecule has 4 nitrogen and oxygen atoms in total. The highest BCUT2D eigenvalue weighted by atomic mass is 32.1. The normalized spacial score (nSPS) is 18.2. The first-order valence-corrected chi connectivity index (χ1v) is 7.80. The summed E-state index contributed by atoms with van der Waals surface area (Å²) in [5.41, 5.74) is 2.17. The summed E-state index contributed by atoms with van der Waals surface area (Å²) < 4.78 is 5.11. The number of nitrogens with one attached hydrogen (secondary N) is 1. The summed E-state index contributed by atoms with van der Waals surface area (Å²) in [5.74, 6) is -0.184. The summed E-state index contributed by atoms with van der Waals surface area (Å²) in [6.07, 6.45) is 1.83. The van der Waals surface area contributed by atoms with Gasteiger partial charge in [0.2, 0.25) is 0 Å². The molecule has 1 aromatic carbocycles. The molecule has 1 aliphatic rings. The molecule has 0 aliphatic carbocycles. The molecule has 0 saturated carbocycles. The third-order valence-electron chi connectivity index (χ3n) is 3.60. The molecule has 1 saturated heterocycles. The molecule has 0 unspecified atom stereocenters. The standard InChI is InChI=1S/C16H22N2O2S/c1-3-20-15(19)13-7-5-9-18(11-13)16(21)17-14-8-4-6-12(2)10-14/h4,6,8,10,13H,3,5,7,9,11H2,1-2H3,(H,17,21)/t13-/m1/s1. The second-order valence-corrected chi connectivity index (χ2v) is 5.72. The van der Waals surface area contributed by atoms with E-state index in [-0.39, 0.29) is 11.9 Å². The number of benzene rings is 1. The average Bonchev–Trinajstić information content (AvgIpc) is 2.47. The van der Waals surface area contributed by atoms with Crippen molar-refractivity contribution in [2.24, 2.45) is 5.92 Å². The zero-order valence-electron chi connectivity index (χ0n) is 12.6. The van der Waals surface area contributed by atoms with E-state index < -0.39 is 0 Å². The number of rotatable bonds is 3. The third-order valence-corrected chi connectivity index (χ3v) is 3.96. The van der Waals surface area contributed by atoms with Gasteiger partial charge in [-0.1, -0.05) is 12.1 Å². The van der Waals surface area contributed by atoms with E-state index in [2.05, 4.69) is 16.3 Å². The van der Waals surface area contributed by atoms with Gasteiger partial charge in [-0.15, -0.1) is 0 Å². The lowest BCUT2D eigenvalue weighted by Gasteiger charge is -2.33. The van der Waals surface area contributed by atoms with Crippen molar-refractivity contribution in [3.63, 3.8) is 0 Å². The number of likely N-dealkylation sites (tertiary alicyclic amines) is 1. The Morgan fingerprint density at radius 3 is 3.05 bits per heavy atom. The van der Waals surface area contributed by atoms with Crippen molar-refractivity contribution < 1.29 is 9.53 Å². The van der Waals surface area contributed by atoms with E-state index in [9.17, 15) is 4.79 Å². The Balaban J connectivity index is 1.94. The van der Waals surface area contributed by atoms with Crippen LogP contribution in [0.5, 0.6) is 0 Å². The van der Waals surface area contributed by atoms with Gasteiger partial charge in [0.15, 0.2) is 5.11 Å². The predicted molar refractivity (Wildman–Crippen MR) is 88.3 cm³/mol. The molecule has 0 radical (unpaired) electrons. The first-order valence-electron chi connectivity index (χ1n) is 7.39. The molecule has 1 atom stereocenters. The SMILES string of the molecule is CCOC(=O)[C@@H]1CCCN(C(=S)Nc2cccc(C)c2)C1. The lowest BCUT2D eigenvalue weighted by molar-refractivity contribution is -0.149. The van der Waals surface area contributed by atoms with E-state index in [4.69, 9.17) is 17.0 Å². The molecule has 1 aliphatic heterocycles. The molecule has 0 bridgehead atoms. The molecule has 0 spiro atoms. The molecule has 21 heavy (non-hydrogen) atoms. The topological polar surface area (TPSA) is 41.6 Å². The molecule has 0 aromatic heterocycles. The first-order chi connectivity index (χ1) is 10.1. The van der Waals surface area contributed by atoms with E-state index in [1.807, 2.05) is 32.0 Å². The Morgan fingerprint density at radius 2 is 2.33 bits per heavy atom. The molecular weight excluding hydrogens is 284 g/mol. The van der Waals surface area contributed by atoms with E-state index in [1.54, 1.807) is 0 Å². The van der Waals surface area contributed by atoms with Crippen LogP contribution < -0.4 is 5.32 Å². The van der Waals surface area contributed by atoms with Gasteiger partial charge in [0.05, 0.1) is 12.5 Å². The maximum absolute atomic E-state index is 11.9. The summed E-state index contributed by atoms with van der Waals surface area (Å²) in [6.45, 7) is 5.83. The minimum atomic E-state index is -0.111. The second kappa shape index (κ2) is 7.41. The van der Waals surface area contributed by atoms with Gasteiger partial charge in [-0.3, -0.25) is 4.79 Å². The van der Waals surface area contributed by atoms with Crippen molar-refractivity contribution in [2.45, 2.75) is 26.7 Å². The number of piperidine rings is 1. The average molecular weight is 306 g/mol. The fraction of sp³-hybridized carbons (Fsp3) is 0.500. The molecule has 1 aromatic rings. The van der Waals surface area contributed by atoms with Crippen LogP contribution in [0, 0.1) is 12.8 Å². The smallest absolute Gasteiger partial charge is 0.310 e. The number of thiocarbonyl (C=S) groups is 1. The summed E-state index contributed by atoms with van der Waals surface area (Å²) in [4.78, 5) is 13.9. The van der Waals surface area contributed by atoms with E-state index in [1.165, 1.54) is 5.56 Å². The van der Waals surface area contributed by atoms with Crippen LogP contribution in [-0.2, 0) is 9.53 Å². The molecule has 1 N–H and O–H groups in total. The Kier molecular flexibility index (Phi) is 5.56. The maximum atomic E-state index is 11.9. The van der Waals surface area contributed by atoms with Gasteiger partial charge in [-0.25, -0.2) is 0 Å². The number of nitrogens with zero attached hydrogens (tertiary/aromatic N) is 1. The van der Waals surface area contributed by atoms with Gasteiger partial charge in [0.1, 0.15) is 0 Å². The molecule has 114 valence electrons. The number of anilines is 1. The number of esters is 1. The summed E-state index contributed by atoms with van der Waals surface area (Å²) in [5, 5.41) is 3.92. The van der Waals surface area contributed by atoms with Crippen LogP contribution in [0.25, 0.3) is 0 Å². The molecule has 0 amide bonds. The fourth-order valence-corrected chi connectivity index (χ4v) is 2.82. The zero-order valence-corrected chi connectivity index (χ0v) is 13.4. The van der Waals surface area contributed by atoms with Crippen molar-refractivity contribution in [3.05, 3.63) is 29.8 Å². The highest BCUT2D eigenvalue weighted by Gasteiger charge is 2.27. The van der Waals surface area contributed by atoms with Crippen LogP contribution in [0.3, 0.4) is 0 Å². The maximum Gasteiger partial charge on any atom is 0.310 e. The Morgan fingerprint density at radius 1 is 1.52 bits per heavy atom. The monoisotopic (exact) mass is 306 g/mol. The zero-order chi connectivity index (χ0) is 15.2. The highest BCUT2D eigenvalue weighted by molar-refractivity contribution is 7.80. The fourth-order valence-electron chi connectivity index (χ4n) is 2.54. The minimum absolute atomic E-state index is 0.0732. The number of carbonyl (C=O) groups is 1. The van der Waals surface area contributed by atoms with Gasteiger partial charge < -0.3 is 15.0 Å². The number of carbonyl (C=O) groups excluding carboxylic acids is 1. The van der Waals surface area contributed by atoms with Gasteiger partial charge in [-0.2, -0.15) is 0 Å². The van der Waals surface area contributed by atoms with Crippen molar-refractivity contribution >= 4 is 29.0 Å². The van der Waals surface area contributed by atoms with Crippen LogP contribution in [0.1, 0.15) is 25.3 Å². The van der Waals surface area contributed by atoms with Crippen LogP contribution in [0.4, 0.5) is 5.69 Å². The van der Waals surface area contributed by atoms with E-state index >= 15 is 0 Å². The van der Waals surface area contributed by atoms with Crippen LogP contribution in [-0.4, -0.2) is 35.7 Å². The van der Waals surface area contributed by atoms with Crippen molar-refractivity contribution in [3.8, 4) is 0 Å². The molecule has 1 fully saturated rings. The molecule has 1 heterocycles. The first kappa shape index (κ1) is 15.8. The predicted octanol–water partition coefficient (Wildman–Crippen LogP) is 2.97. The third kappa shape index (κ3) is 4.43. The Hall–Kier alpha value is -1.62. The summed E-state index contributed by atoms with van der Waals surface area (Å²) >= 11 is 5.47. The van der Waals surface area contributed by atoms with Crippen molar-refractivity contribution in [1.29, 1.82) is 0 Å². The van der Waals surface area contributed by atoms with Crippen molar-refractivity contribution in [2.75, 3.05) is 25.0 Å². The van der Waals surface area contributed by atoms with E-state index in [0.29, 0.717) is 18.3 Å². The van der Waals surface area contributed by atoms with Crippen LogP contribution >= 0.6 is 12.2 Å². The van der Waals surface area contributed by atoms with E-state index in [0.717, 1.165) is 25.1 Å². The number of hydrogen-bond donors (Lipinski definition) is 1. The number of aryl methyl sites for hydroxylation is 1. The highest BCUT2D eigenvalue weighted by Crippen LogP contribution is 2.19. The lowest BCUT2D eigenvalue weighted by atomic mass is 9.98. The minimum Gasteiger partial charge on any atom is -0.466 e. The quantitative estimate of drug-likeness (QED) is 0.687. The van der Waals surface area contributed by atoms with Gasteiger partial charge >= 0.3 is 5.97 Å². The second-order valence-electron chi connectivity index (χ2n) is 5.34. The Bertz CT molecular complexity index is 519. The van der Waals surface area contributed by atoms with Gasteiger partial charge in [0, 0.05) is 18.8 Å². The largest absolute Gasteiger partial charge is 0.466 e. The van der Waals surface area contributed by atoms with Crippen LogP contribution in [0.15, 0.2) is 24.3 Å². The van der Waals surface area contributed by atoms with Gasteiger partial charge in [0.25, 0.3) is 0 Å². The number of ether oxygens (including phenoxy) is 1. The Labute approximate surface area is 131 Å². The lowest BCUT2D eigenvalue weighted by Crippen LogP contribution is -2.44. The molecular formula is C16H22N2O2S. The summed E-state index contributed by atoms with van der Waals surface area (Å²) in [7, 11) is 0.